The van der Waals surface area contributed by atoms with Gasteiger partial charge in [0.15, 0.2) is 0 Å². The molecule has 0 fully saturated rings. The maximum absolute atomic E-state index is 6.00. The van der Waals surface area contributed by atoms with Gasteiger partial charge in [-0.15, -0.1) is 0 Å². The van der Waals surface area contributed by atoms with E-state index in [4.69, 9.17) is 10.3 Å². The topological polar surface area (TPSA) is 64.9 Å². The molecule has 1 unspecified atom stereocenters. The van der Waals surface area contributed by atoms with E-state index in [9.17, 15) is 0 Å². The lowest BCUT2D eigenvalue weighted by Crippen LogP contribution is -2.10. The van der Waals surface area contributed by atoms with Crippen molar-refractivity contribution in [3.63, 3.8) is 0 Å². The summed E-state index contributed by atoms with van der Waals surface area (Å²) in [6.45, 7) is 2.13. The molecule has 0 aliphatic rings. The van der Waals surface area contributed by atoms with Crippen LogP contribution in [0.2, 0.25) is 0 Å². The number of benzene rings is 1. The Bertz CT molecular complexity index is 512. The molecule has 5 heteroatoms. The minimum Gasteiger partial charge on any atom is -0.337 e. The number of nitrogens with two attached hydrogens (primary N) is 1. The Morgan fingerprint density at radius 3 is 3.00 bits per heavy atom. The van der Waals surface area contributed by atoms with Crippen LogP contribution in [0.1, 0.15) is 38.1 Å². The van der Waals surface area contributed by atoms with Gasteiger partial charge in [-0.3, -0.25) is 0 Å². The summed E-state index contributed by atoms with van der Waals surface area (Å²) < 4.78 is 6.20. The van der Waals surface area contributed by atoms with E-state index in [0.29, 0.717) is 11.7 Å². The van der Waals surface area contributed by atoms with Crippen LogP contribution in [0.3, 0.4) is 0 Å². The van der Waals surface area contributed by atoms with E-state index in [1.807, 2.05) is 24.3 Å². The van der Waals surface area contributed by atoms with Gasteiger partial charge in [0.1, 0.15) is 0 Å². The van der Waals surface area contributed by atoms with Gasteiger partial charge in [-0.1, -0.05) is 53.0 Å². The van der Waals surface area contributed by atoms with Crippen LogP contribution in [0.15, 0.2) is 33.3 Å². The first-order valence-electron chi connectivity index (χ1n) is 6.06. The van der Waals surface area contributed by atoms with Crippen LogP contribution in [0.5, 0.6) is 0 Å². The van der Waals surface area contributed by atoms with Gasteiger partial charge in [-0.05, 0) is 18.6 Å². The molecule has 2 aromatic rings. The lowest BCUT2D eigenvalue weighted by Gasteiger charge is -2.03. The molecule has 2 N–H and O–H groups in total. The summed E-state index contributed by atoms with van der Waals surface area (Å²) in [5.74, 6) is 1.09. The molecule has 0 aliphatic carbocycles. The highest BCUT2D eigenvalue weighted by Gasteiger charge is 2.15. The van der Waals surface area contributed by atoms with Crippen LogP contribution in [-0.2, 0) is 0 Å². The van der Waals surface area contributed by atoms with Crippen molar-refractivity contribution in [2.45, 2.75) is 32.2 Å². The van der Waals surface area contributed by atoms with Crippen molar-refractivity contribution in [1.29, 1.82) is 0 Å². The molecule has 2 rings (SSSR count). The average Bonchev–Trinajstić information content (AvgIpc) is 2.85. The number of nitrogens with zero attached hydrogens (tertiary/aromatic N) is 2. The molecule has 1 heterocycles. The van der Waals surface area contributed by atoms with Crippen molar-refractivity contribution in [2.24, 2.45) is 5.73 Å². The fourth-order valence-electron chi connectivity index (χ4n) is 1.68. The third kappa shape index (κ3) is 3.17. The van der Waals surface area contributed by atoms with Crippen LogP contribution in [0.4, 0.5) is 0 Å². The molecule has 0 saturated heterocycles. The predicted molar refractivity (Wildman–Crippen MR) is 73.9 cm³/mol. The van der Waals surface area contributed by atoms with Gasteiger partial charge < -0.3 is 10.3 Å². The Hall–Kier alpha value is -1.20. The maximum Gasteiger partial charge on any atom is 0.243 e. The zero-order chi connectivity index (χ0) is 13.0. The molecule has 0 amide bonds. The standard InChI is InChI=1S/C13H16BrN3O/c1-2-3-7-11(15)13-16-12(17-18-13)9-5-4-6-10(14)8-9/h4-6,8,11H,2-3,7,15H2,1H3. The van der Waals surface area contributed by atoms with Crippen molar-refractivity contribution in [2.75, 3.05) is 0 Å². The van der Waals surface area contributed by atoms with Gasteiger partial charge in [0.25, 0.3) is 0 Å². The molecule has 96 valence electrons. The van der Waals surface area contributed by atoms with Crippen LogP contribution < -0.4 is 5.73 Å². The number of halogens is 1. The molecule has 1 aromatic heterocycles. The minimum atomic E-state index is -0.168. The van der Waals surface area contributed by atoms with Gasteiger partial charge in [-0.2, -0.15) is 4.98 Å². The summed E-state index contributed by atoms with van der Waals surface area (Å²) in [4.78, 5) is 4.35. The predicted octanol–water partition coefficient (Wildman–Crippen LogP) is 3.69. The number of aromatic nitrogens is 2. The minimum absolute atomic E-state index is 0.168. The van der Waals surface area contributed by atoms with E-state index in [0.717, 1.165) is 29.3 Å². The zero-order valence-corrected chi connectivity index (χ0v) is 11.9. The molecule has 0 saturated carbocycles. The Balaban J connectivity index is 2.15. The van der Waals surface area contributed by atoms with E-state index in [1.165, 1.54) is 0 Å². The second-order valence-corrected chi connectivity index (χ2v) is 5.13. The molecule has 1 atom stereocenters. The molecule has 0 aliphatic heterocycles. The Kier molecular flexibility index (Phi) is 4.49. The third-order valence-corrected chi connectivity index (χ3v) is 3.20. The lowest BCUT2D eigenvalue weighted by molar-refractivity contribution is 0.346. The Labute approximate surface area is 115 Å². The number of rotatable bonds is 5. The highest BCUT2D eigenvalue weighted by Crippen LogP contribution is 2.22. The summed E-state index contributed by atoms with van der Waals surface area (Å²) in [6.07, 6.45) is 3.05. The van der Waals surface area contributed by atoms with Crippen molar-refractivity contribution >= 4 is 15.9 Å². The fourth-order valence-corrected chi connectivity index (χ4v) is 2.08. The Morgan fingerprint density at radius 2 is 2.28 bits per heavy atom. The van der Waals surface area contributed by atoms with Crippen molar-refractivity contribution in [1.82, 2.24) is 10.1 Å². The van der Waals surface area contributed by atoms with E-state index in [1.54, 1.807) is 0 Å². The summed E-state index contributed by atoms with van der Waals surface area (Å²) in [5, 5.41) is 3.97. The van der Waals surface area contributed by atoms with Gasteiger partial charge in [-0.25, -0.2) is 0 Å². The highest BCUT2D eigenvalue weighted by molar-refractivity contribution is 9.10. The number of hydrogen-bond donors (Lipinski definition) is 1. The van der Waals surface area contributed by atoms with E-state index in [-0.39, 0.29) is 6.04 Å². The molecule has 18 heavy (non-hydrogen) atoms. The smallest absolute Gasteiger partial charge is 0.243 e. The summed E-state index contributed by atoms with van der Waals surface area (Å²) in [6, 6.07) is 7.62. The van der Waals surface area contributed by atoms with E-state index < -0.39 is 0 Å². The monoisotopic (exact) mass is 309 g/mol. The maximum atomic E-state index is 6.00. The number of hydrogen-bond acceptors (Lipinski definition) is 4. The van der Waals surface area contributed by atoms with Gasteiger partial charge in [0, 0.05) is 10.0 Å². The first kappa shape index (κ1) is 13.2. The van der Waals surface area contributed by atoms with Gasteiger partial charge in [0.2, 0.25) is 11.7 Å². The van der Waals surface area contributed by atoms with E-state index in [2.05, 4.69) is 33.0 Å². The second-order valence-electron chi connectivity index (χ2n) is 4.22. The molecule has 0 spiro atoms. The lowest BCUT2D eigenvalue weighted by atomic mass is 10.1. The van der Waals surface area contributed by atoms with Crippen molar-refractivity contribution in [3.05, 3.63) is 34.6 Å². The van der Waals surface area contributed by atoms with Gasteiger partial charge >= 0.3 is 0 Å². The van der Waals surface area contributed by atoms with E-state index >= 15 is 0 Å². The fraction of sp³-hybridized carbons (Fsp3) is 0.385. The molecule has 0 radical (unpaired) electrons. The molecule has 0 bridgehead atoms. The molecular weight excluding hydrogens is 294 g/mol. The zero-order valence-electron chi connectivity index (χ0n) is 10.3. The quantitative estimate of drug-likeness (QED) is 0.914. The Morgan fingerprint density at radius 1 is 1.44 bits per heavy atom. The largest absolute Gasteiger partial charge is 0.337 e. The van der Waals surface area contributed by atoms with Crippen LogP contribution in [-0.4, -0.2) is 10.1 Å². The molecular formula is C13H16BrN3O. The van der Waals surface area contributed by atoms with Crippen molar-refractivity contribution < 1.29 is 4.52 Å². The third-order valence-electron chi connectivity index (χ3n) is 2.71. The van der Waals surface area contributed by atoms with Crippen molar-refractivity contribution in [3.8, 4) is 11.4 Å². The number of unbranched alkanes of at least 4 members (excludes halogenated alkanes) is 1. The second kappa shape index (κ2) is 6.11. The molecule has 1 aromatic carbocycles. The summed E-state index contributed by atoms with van der Waals surface area (Å²) >= 11 is 3.42. The van der Waals surface area contributed by atoms with Crippen LogP contribution in [0, 0.1) is 0 Å². The van der Waals surface area contributed by atoms with Crippen LogP contribution >= 0.6 is 15.9 Å². The van der Waals surface area contributed by atoms with Gasteiger partial charge in [0.05, 0.1) is 6.04 Å². The first-order valence-corrected chi connectivity index (χ1v) is 6.85. The summed E-state index contributed by atoms with van der Waals surface area (Å²) in [5.41, 5.74) is 6.92. The molecule has 4 nitrogen and oxygen atoms in total. The summed E-state index contributed by atoms with van der Waals surface area (Å²) in [7, 11) is 0. The van der Waals surface area contributed by atoms with Crippen LogP contribution in [0.25, 0.3) is 11.4 Å². The average molecular weight is 310 g/mol. The SMILES string of the molecule is CCCCC(N)c1nc(-c2cccc(Br)c2)no1. The first-order chi connectivity index (χ1) is 8.70. The highest BCUT2D eigenvalue weighted by atomic mass is 79.9. The normalized spacial score (nSPS) is 12.6.